The van der Waals surface area contributed by atoms with Gasteiger partial charge in [0.15, 0.2) is 5.78 Å². The molecular weight excluding hydrogens is 326 g/mol. The third-order valence-electron chi connectivity index (χ3n) is 5.85. The van der Waals surface area contributed by atoms with Gasteiger partial charge in [0.05, 0.1) is 6.54 Å². The smallest absolute Gasteiger partial charge is 0.237 e. The normalized spacial score (nSPS) is 24.6. The van der Waals surface area contributed by atoms with Crippen molar-refractivity contribution in [1.82, 2.24) is 9.80 Å². The van der Waals surface area contributed by atoms with Crippen LogP contribution >= 0.6 is 0 Å². The van der Waals surface area contributed by atoms with Gasteiger partial charge in [0, 0.05) is 49.5 Å². The molecule has 1 aromatic carbocycles. The highest BCUT2D eigenvalue weighted by molar-refractivity contribution is 5.94. The molecule has 0 N–H and O–H groups in total. The van der Waals surface area contributed by atoms with Crippen LogP contribution in [0.15, 0.2) is 24.3 Å². The van der Waals surface area contributed by atoms with E-state index >= 15 is 0 Å². The first-order chi connectivity index (χ1) is 12.5. The summed E-state index contributed by atoms with van der Waals surface area (Å²) < 4.78 is 0. The molecule has 2 atom stereocenters. The summed E-state index contributed by atoms with van der Waals surface area (Å²) >= 11 is 0. The van der Waals surface area contributed by atoms with Crippen LogP contribution in [0.2, 0.25) is 0 Å². The maximum absolute atomic E-state index is 12.8. The Morgan fingerprint density at radius 1 is 0.962 bits per heavy atom. The van der Waals surface area contributed by atoms with E-state index in [0.717, 1.165) is 50.3 Å². The van der Waals surface area contributed by atoms with Crippen molar-refractivity contribution in [2.45, 2.75) is 52.1 Å². The molecule has 0 unspecified atom stereocenters. The van der Waals surface area contributed by atoms with Gasteiger partial charge in [-0.15, -0.1) is 0 Å². The van der Waals surface area contributed by atoms with Gasteiger partial charge in [-0.3, -0.25) is 14.5 Å². The van der Waals surface area contributed by atoms with E-state index in [0.29, 0.717) is 18.6 Å². The van der Waals surface area contributed by atoms with E-state index in [1.54, 1.807) is 6.92 Å². The molecule has 0 spiro atoms. The molecule has 0 bridgehead atoms. The van der Waals surface area contributed by atoms with Gasteiger partial charge >= 0.3 is 0 Å². The highest BCUT2D eigenvalue weighted by atomic mass is 16.2. The summed E-state index contributed by atoms with van der Waals surface area (Å²) in [5, 5.41) is 0. The fourth-order valence-corrected chi connectivity index (χ4v) is 4.26. The lowest BCUT2D eigenvalue weighted by molar-refractivity contribution is -0.138. The van der Waals surface area contributed by atoms with Gasteiger partial charge in [0.25, 0.3) is 0 Å². The van der Waals surface area contributed by atoms with E-state index < -0.39 is 0 Å². The maximum Gasteiger partial charge on any atom is 0.237 e. The monoisotopic (exact) mass is 357 g/mol. The fraction of sp³-hybridized carbons (Fsp3) is 0.619. The lowest BCUT2D eigenvalue weighted by atomic mass is 9.97. The van der Waals surface area contributed by atoms with Crippen molar-refractivity contribution in [2.75, 3.05) is 37.6 Å². The molecule has 0 aromatic heterocycles. The first-order valence-corrected chi connectivity index (χ1v) is 9.85. The highest BCUT2D eigenvalue weighted by Gasteiger charge is 2.30. The lowest BCUT2D eigenvalue weighted by Gasteiger charge is -2.41. The maximum atomic E-state index is 12.8. The number of piperazine rings is 1. The second-order valence-corrected chi connectivity index (χ2v) is 7.80. The minimum Gasteiger partial charge on any atom is -0.369 e. The van der Waals surface area contributed by atoms with Gasteiger partial charge in [0.2, 0.25) is 5.91 Å². The van der Waals surface area contributed by atoms with Gasteiger partial charge < -0.3 is 9.80 Å². The van der Waals surface area contributed by atoms with E-state index in [2.05, 4.69) is 28.5 Å². The largest absolute Gasteiger partial charge is 0.369 e. The van der Waals surface area contributed by atoms with Gasteiger partial charge in [-0.1, -0.05) is 0 Å². The molecule has 1 amide bonds. The zero-order valence-electron chi connectivity index (χ0n) is 16.3. The van der Waals surface area contributed by atoms with Crippen LogP contribution in [0.5, 0.6) is 0 Å². The number of benzene rings is 1. The fourth-order valence-electron chi connectivity index (χ4n) is 4.26. The number of piperidine rings is 1. The van der Waals surface area contributed by atoms with Gasteiger partial charge in [-0.25, -0.2) is 0 Å². The minimum absolute atomic E-state index is 0.0982. The first kappa shape index (κ1) is 18.9. The topological polar surface area (TPSA) is 43.9 Å². The minimum atomic E-state index is 0.0982. The standard InChI is InChI=1S/C21H31N3O2/c1-16-5-4-6-17(2)24(16)21(26)15-22-11-13-23(14-12-22)20-9-7-19(8-10-20)18(3)25/h7-10,16-17H,4-6,11-15H2,1-3H3/t16-,17+. The Bertz CT molecular complexity index is 625. The average molecular weight is 357 g/mol. The van der Waals surface area contributed by atoms with Crippen LogP contribution in [0.3, 0.4) is 0 Å². The summed E-state index contributed by atoms with van der Waals surface area (Å²) in [6.45, 7) is 10.1. The molecule has 5 nitrogen and oxygen atoms in total. The Morgan fingerprint density at radius 2 is 1.54 bits per heavy atom. The van der Waals surface area contributed by atoms with Crippen molar-refractivity contribution in [2.24, 2.45) is 0 Å². The number of rotatable bonds is 4. The van der Waals surface area contributed by atoms with Crippen LogP contribution in [0.25, 0.3) is 0 Å². The van der Waals surface area contributed by atoms with Crippen LogP contribution in [-0.4, -0.2) is 66.3 Å². The van der Waals surface area contributed by atoms with Crippen molar-refractivity contribution >= 4 is 17.4 Å². The molecule has 0 saturated carbocycles. The number of likely N-dealkylation sites (tertiary alicyclic amines) is 1. The summed E-state index contributed by atoms with van der Waals surface area (Å²) in [7, 11) is 0. The highest BCUT2D eigenvalue weighted by Crippen LogP contribution is 2.23. The summed E-state index contributed by atoms with van der Waals surface area (Å²) in [5.74, 6) is 0.380. The van der Waals surface area contributed by atoms with Crippen molar-refractivity contribution in [3.8, 4) is 0 Å². The molecular formula is C21H31N3O2. The molecule has 2 saturated heterocycles. The van der Waals surface area contributed by atoms with E-state index in [9.17, 15) is 9.59 Å². The molecule has 2 heterocycles. The number of carbonyl (C=O) groups is 2. The Kier molecular flexibility index (Phi) is 5.97. The molecule has 1 aromatic rings. The second-order valence-electron chi connectivity index (χ2n) is 7.80. The predicted molar refractivity (Wildman–Crippen MR) is 105 cm³/mol. The average Bonchev–Trinajstić information content (AvgIpc) is 2.62. The molecule has 0 radical (unpaired) electrons. The Balaban J connectivity index is 1.52. The van der Waals surface area contributed by atoms with Crippen molar-refractivity contribution in [3.63, 3.8) is 0 Å². The van der Waals surface area contributed by atoms with Gasteiger partial charge in [-0.2, -0.15) is 0 Å². The lowest BCUT2D eigenvalue weighted by Crippen LogP contribution is -2.54. The molecule has 2 fully saturated rings. The van der Waals surface area contributed by atoms with Crippen LogP contribution in [-0.2, 0) is 4.79 Å². The zero-order chi connectivity index (χ0) is 18.7. The van der Waals surface area contributed by atoms with Gasteiger partial charge in [0.1, 0.15) is 0 Å². The number of carbonyl (C=O) groups excluding carboxylic acids is 2. The van der Waals surface area contributed by atoms with Crippen molar-refractivity contribution in [3.05, 3.63) is 29.8 Å². The number of hydrogen-bond donors (Lipinski definition) is 0. The Labute approximate surface area is 156 Å². The molecule has 26 heavy (non-hydrogen) atoms. The van der Waals surface area contributed by atoms with E-state index in [4.69, 9.17) is 0 Å². The van der Waals surface area contributed by atoms with Crippen LogP contribution in [0.1, 0.15) is 50.4 Å². The number of hydrogen-bond acceptors (Lipinski definition) is 4. The second kappa shape index (κ2) is 8.21. The zero-order valence-corrected chi connectivity index (χ0v) is 16.3. The summed E-state index contributed by atoms with van der Waals surface area (Å²) in [6, 6.07) is 8.57. The molecule has 0 aliphatic carbocycles. The van der Waals surface area contributed by atoms with E-state index in [-0.39, 0.29) is 11.7 Å². The van der Waals surface area contributed by atoms with Crippen LogP contribution in [0.4, 0.5) is 5.69 Å². The summed E-state index contributed by atoms with van der Waals surface area (Å²) in [4.78, 5) is 30.9. The molecule has 2 aliphatic rings. The number of amides is 1. The number of ketones is 1. The number of nitrogens with zero attached hydrogens (tertiary/aromatic N) is 3. The molecule has 142 valence electrons. The number of Topliss-reactive ketones (excluding diaryl/α,β-unsaturated/α-hetero) is 1. The predicted octanol–water partition coefficient (Wildman–Crippen LogP) is 2.80. The molecule has 2 aliphatic heterocycles. The Morgan fingerprint density at radius 3 is 2.08 bits per heavy atom. The quantitative estimate of drug-likeness (QED) is 0.777. The van der Waals surface area contributed by atoms with Crippen LogP contribution in [0, 0.1) is 0 Å². The Hall–Kier alpha value is -1.88. The first-order valence-electron chi connectivity index (χ1n) is 9.85. The third-order valence-corrected chi connectivity index (χ3v) is 5.85. The van der Waals surface area contributed by atoms with E-state index in [1.165, 1.54) is 6.42 Å². The molecule has 5 heteroatoms. The molecule has 3 rings (SSSR count). The van der Waals surface area contributed by atoms with Crippen molar-refractivity contribution < 1.29 is 9.59 Å². The summed E-state index contributed by atoms with van der Waals surface area (Å²) in [5.41, 5.74) is 1.90. The van der Waals surface area contributed by atoms with Crippen LogP contribution < -0.4 is 4.90 Å². The third kappa shape index (κ3) is 4.26. The number of anilines is 1. The van der Waals surface area contributed by atoms with Crippen molar-refractivity contribution in [1.29, 1.82) is 0 Å². The van der Waals surface area contributed by atoms with Gasteiger partial charge in [-0.05, 0) is 64.3 Å². The SMILES string of the molecule is CC(=O)c1ccc(N2CCN(CC(=O)N3[C@H](C)CCC[C@@H]3C)CC2)cc1. The van der Waals surface area contributed by atoms with E-state index in [1.807, 2.05) is 24.3 Å². The summed E-state index contributed by atoms with van der Waals surface area (Å²) in [6.07, 6.45) is 3.48.